The van der Waals surface area contributed by atoms with E-state index in [4.69, 9.17) is 9.72 Å². The van der Waals surface area contributed by atoms with Crippen LogP contribution < -0.4 is 4.74 Å². The Kier molecular flexibility index (Phi) is 5.01. The van der Waals surface area contributed by atoms with Crippen LogP contribution in [0.1, 0.15) is 42.3 Å². The van der Waals surface area contributed by atoms with Crippen LogP contribution in [0.2, 0.25) is 0 Å². The van der Waals surface area contributed by atoms with Gasteiger partial charge in [0.25, 0.3) is 0 Å². The zero-order valence-corrected chi connectivity index (χ0v) is 19.3. The summed E-state index contributed by atoms with van der Waals surface area (Å²) in [6.45, 7) is 6.59. The number of para-hydroxylation sites is 1. The standard InChI is InChI=1S/C29H26N2O2/c1-29(2,3)21-14-15-30-27(18-21)31-25-11-6-5-10-23(25)24-13-12-20(17-26(24)31)28(32)19-8-7-9-22(16-19)33-4/h5-18H,1-4H3. The summed E-state index contributed by atoms with van der Waals surface area (Å²) >= 11 is 0. The summed E-state index contributed by atoms with van der Waals surface area (Å²) < 4.78 is 7.46. The topological polar surface area (TPSA) is 44.1 Å². The minimum Gasteiger partial charge on any atom is -0.497 e. The molecule has 0 unspecified atom stereocenters. The Morgan fingerprint density at radius 2 is 1.58 bits per heavy atom. The van der Waals surface area contributed by atoms with Crippen LogP contribution in [0, 0.1) is 0 Å². The lowest BCUT2D eigenvalue weighted by Gasteiger charge is -2.20. The van der Waals surface area contributed by atoms with E-state index in [1.54, 1.807) is 13.2 Å². The molecule has 3 aromatic carbocycles. The molecule has 0 saturated heterocycles. The van der Waals surface area contributed by atoms with E-state index in [0.717, 1.165) is 27.6 Å². The van der Waals surface area contributed by atoms with Gasteiger partial charge in [-0.05, 0) is 47.4 Å². The first-order valence-electron chi connectivity index (χ1n) is 11.1. The SMILES string of the molecule is COc1cccc(C(=O)c2ccc3c4ccccc4n(-c4cc(C(C)(C)C)ccn4)c3c2)c1. The third kappa shape index (κ3) is 3.68. The number of methoxy groups -OCH3 is 1. The number of fused-ring (bicyclic) bond motifs is 3. The Morgan fingerprint density at radius 3 is 2.36 bits per heavy atom. The second kappa shape index (κ2) is 7.89. The number of rotatable bonds is 4. The molecule has 164 valence electrons. The molecule has 2 aromatic heterocycles. The second-order valence-electron chi connectivity index (χ2n) is 9.30. The van der Waals surface area contributed by atoms with Crippen LogP contribution in [-0.2, 0) is 5.41 Å². The van der Waals surface area contributed by atoms with E-state index in [0.29, 0.717) is 16.9 Å². The van der Waals surface area contributed by atoms with E-state index in [2.05, 4.69) is 49.6 Å². The van der Waals surface area contributed by atoms with Crippen LogP contribution in [0.3, 0.4) is 0 Å². The summed E-state index contributed by atoms with van der Waals surface area (Å²) in [6.07, 6.45) is 1.86. The van der Waals surface area contributed by atoms with Gasteiger partial charge in [-0.15, -0.1) is 0 Å². The molecule has 0 atom stereocenters. The molecule has 2 heterocycles. The highest BCUT2D eigenvalue weighted by atomic mass is 16.5. The lowest BCUT2D eigenvalue weighted by atomic mass is 9.88. The molecule has 0 fully saturated rings. The first kappa shape index (κ1) is 21.0. The zero-order chi connectivity index (χ0) is 23.2. The number of hydrogen-bond donors (Lipinski definition) is 0. The largest absolute Gasteiger partial charge is 0.497 e. The molecule has 0 radical (unpaired) electrons. The average Bonchev–Trinajstić information content (AvgIpc) is 3.17. The van der Waals surface area contributed by atoms with Crippen molar-refractivity contribution >= 4 is 27.6 Å². The number of aromatic nitrogens is 2. The molecule has 0 N–H and O–H groups in total. The molecule has 0 amide bonds. The fourth-order valence-corrected chi connectivity index (χ4v) is 4.30. The average molecular weight is 435 g/mol. The number of hydrogen-bond acceptors (Lipinski definition) is 3. The molecule has 0 aliphatic rings. The summed E-state index contributed by atoms with van der Waals surface area (Å²) in [5.74, 6) is 1.47. The van der Waals surface area contributed by atoms with Gasteiger partial charge in [-0.3, -0.25) is 9.36 Å². The van der Waals surface area contributed by atoms with Crippen LogP contribution in [-0.4, -0.2) is 22.4 Å². The van der Waals surface area contributed by atoms with Gasteiger partial charge < -0.3 is 4.74 Å². The molecule has 5 rings (SSSR count). The van der Waals surface area contributed by atoms with Crippen molar-refractivity contribution in [3.05, 3.63) is 102 Å². The van der Waals surface area contributed by atoms with Crippen molar-refractivity contribution in [3.63, 3.8) is 0 Å². The van der Waals surface area contributed by atoms with Crippen molar-refractivity contribution < 1.29 is 9.53 Å². The lowest BCUT2D eigenvalue weighted by molar-refractivity contribution is 0.103. The molecule has 4 heteroatoms. The van der Waals surface area contributed by atoms with Crippen molar-refractivity contribution in [3.8, 4) is 11.6 Å². The van der Waals surface area contributed by atoms with Gasteiger partial charge in [0.1, 0.15) is 11.6 Å². The number of benzene rings is 3. The van der Waals surface area contributed by atoms with E-state index >= 15 is 0 Å². The molecule has 0 saturated carbocycles. The highest BCUT2D eigenvalue weighted by Crippen LogP contribution is 2.33. The smallest absolute Gasteiger partial charge is 0.193 e. The van der Waals surface area contributed by atoms with Crippen molar-refractivity contribution in [2.45, 2.75) is 26.2 Å². The maximum Gasteiger partial charge on any atom is 0.193 e. The Morgan fingerprint density at radius 1 is 0.818 bits per heavy atom. The van der Waals surface area contributed by atoms with Gasteiger partial charge in [0, 0.05) is 28.1 Å². The lowest BCUT2D eigenvalue weighted by Crippen LogP contribution is -2.12. The molecular weight excluding hydrogens is 408 g/mol. The first-order chi connectivity index (χ1) is 15.9. The van der Waals surface area contributed by atoms with E-state index in [1.165, 1.54) is 5.56 Å². The van der Waals surface area contributed by atoms with E-state index < -0.39 is 0 Å². The first-order valence-corrected chi connectivity index (χ1v) is 11.1. The van der Waals surface area contributed by atoms with Crippen molar-refractivity contribution in [1.29, 1.82) is 0 Å². The molecule has 0 aliphatic carbocycles. The van der Waals surface area contributed by atoms with Gasteiger partial charge in [0.2, 0.25) is 0 Å². The maximum atomic E-state index is 13.3. The summed E-state index contributed by atoms with van der Waals surface area (Å²) in [5, 5.41) is 2.23. The van der Waals surface area contributed by atoms with Gasteiger partial charge >= 0.3 is 0 Å². The Balaban J connectivity index is 1.74. The normalized spacial score (nSPS) is 11.8. The number of carbonyl (C=O) groups is 1. The Hall–Kier alpha value is -3.92. The van der Waals surface area contributed by atoms with Crippen LogP contribution in [0.15, 0.2) is 85.1 Å². The zero-order valence-electron chi connectivity index (χ0n) is 19.3. The molecule has 4 nitrogen and oxygen atoms in total. The highest BCUT2D eigenvalue weighted by molar-refractivity contribution is 6.14. The third-order valence-corrected chi connectivity index (χ3v) is 6.11. The number of carbonyl (C=O) groups excluding carboxylic acids is 1. The quantitative estimate of drug-likeness (QED) is 0.295. The maximum absolute atomic E-state index is 13.3. The highest BCUT2D eigenvalue weighted by Gasteiger charge is 2.19. The summed E-state index contributed by atoms with van der Waals surface area (Å²) in [7, 11) is 1.60. The second-order valence-corrected chi connectivity index (χ2v) is 9.30. The summed E-state index contributed by atoms with van der Waals surface area (Å²) in [4.78, 5) is 18.0. The van der Waals surface area contributed by atoms with Crippen LogP contribution in [0.25, 0.3) is 27.6 Å². The molecule has 33 heavy (non-hydrogen) atoms. The van der Waals surface area contributed by atoms with Crippen molar-refractivity contribution in [2.24, 2.45) is 0 Å². The number of ether oxygens (including phenoxy) is 1. The predicted molar refractivity (Wildman–Crippen MR) is 134 cm³/mol. The predicted octanol–water partition coefficient (Wildman–Crippen LogP) is 6.72. The molecule has 5 aromatic rings. The van der Waals surface area contributed by atoms with E-state index in [1.807, 2.05) is 54.7 Å². The number of ketones is 1. The van der Waals surface area contributed by atoms with Gasteiger partial charge in [-0.2, -0.15) is 0 Å². The Bertz CT molecular complexity index is 1510. The van der Waals surface area contributed by atoms with Gasteiger partial charge in [-0.25, -0.2) is 4.98 Å². The Labute approximate surface area is 193 Å². The molecular formula is C29H26N2O2. The third-order valence-electron chi connectivity index (χ3n) is 6.11. The van der Waals surface area contributed by atoms with Gasteiger partial charge in [0.05, 0.1) is 18.1 Å². The summed E-state index contributed by atoms with van der Waals surface area (Å²) in [6, 6.07) is 25.7. The van der Waals surface area contributed by atoms with Crippen LogP contribution in [0.4, 0.5) is 0 Å². The fourth-order valence-electron chi connectivity index (χ4n) is 4.30. The summed E-state index contributed by atoms with van der Waals surface area (Å²) in [5.41, 5.74) is 4.47. The van der Waals surface area contributed by atoms with Crippen molar-refractivity contribution in [2.75, 3.05) is 7.11 Å². The van der Waals surface area contributed by atoms with E-state index in [-0.39, 0.29) is 11.2 Å². The number of pyridine rings is 1. The van der Waals surface area contributed by atoms with E-state index in [9.17, 15) is 4.79 Å². The van der Waals surface area contributed by atoms with Crippen LogP contribution in [0.5, 0.6) is 5.75 Å². The minimum absolute atomic E-state index is 0.00391. The minimum atomic E-state index is -0.0380. The van der Waals surface area contributed by atoms with Crippen LogP contribution >= 0.6 is 0 Å². The molecule has 0 aliphatic heterocycles. The monoisotopic (exact) mass is 434 g/mol. The molecule has 0 bridgehead atoms. The number of nitrogens with zero attached hydrogens (tertiary/aromatic N) is 2. The van der Waals surface area contributed by atoms with Gasteiger partial charge in [0.15, 0.2) is 5.78 Å². The van der Waals surface area contributed by atoms with Crippen molar-refractivity contribution in [1.82, 2.24) is 9.55 Å². The fraction of sp³-hybridized carbons (Fsp3) is 0.172. The molecule has 0 spiro atoms. The van der Waals surface area contributed by atoms with Gasteiger partial charge in [-0.1, -0.05) is 63.2 Å².